The maximum atomic E-state index is 10.4. The van der Waals surface area contributed by atoms with E-state index in [1.54, 1.807) is 39.2 Å². The molecule has 0 saturated carbocycles. The number of pyridine rings is 1. The van der Waals surface area contributed by atoms with E-state index < -0.39 is 0 Å². The number of halogens is 3. The molecule has 7 nitrogen and oxygen atoms in total. The third kappa shape index (κ3) is 6.14. The Morgan fingerprint density at radius 1 is 0.838 bits per heavy atom. The zero-order valence-electron chi connectivity index (χ0n) is 20.6. The maximum Gasteiger partial charge on any atom is 0.226 e. The number of phenols is 1. The molecule has 0 aliphatic carbocycles. The first kappa shape index (κ1) is 28.6. The standard InChI is InChI=1S/C27H24Cl2N2O5.HI/c1-33-23-6-5-16(10-24(23)34-2)9-22-20-14-26(36-4)25(35-3)12-17(20)7-8-31(22)30-15-18-11-19(28)13-21(29)27(18)32;/h5-8,10-15H,9H2,1-4H3;1H. The molecule has 0 bridgehead atoms. The number of rotatable bonds is 8. The second kappa shape index (κ2) is 12.5. The van der Waals surface area contributed by atoms with E-state index in [0.29, 0.717) is 40.0 Å². The second-order valence-corrected chi connectivity index (χ2v) is 8.68. The monoisotopic (exact) mass is 654 g/mol. The van der Waals surface area contributed by atoms with Crippen LogP contribution in [0.15, 0.2) is 59.8 Å². The van der Waals surface area contributed by atoms with Crippen molar-refractivity contribution >= 4 is 40.2 Å². The topological polar surface area (TPSA) is 73.4 Å². The molecule has 1 aromatic heterocycles. The molecular weight excluding hydrogens is 630 g/mol. The Morgan fingerprint density at radius 3 is 2.16 bits per heavy atom. The van der Waals surface area contributed by atoms with Crippen LogP contribution in [0.1, 0.15) is 16.8 Å². The number of ether oxygens (including phenoxy) is 4. The number of aromatic hydroxyl groups is 1. The van der Waals surface area contributed by atoms with Crippen LogP contribution in [0.5, 0.6) is 28.7 Å². The van der Waals surface area contributed by atoms with Gasteiger partial charge in [0.05, 0.1) is 45.3 Å². The third-order valence-corrected chi connectivity index (χ3v) is 6.24. The van der Waals surface area contributed by atoms with Crippen molar-refractivity contribution in [2.45, 2.75) is 6.42 Å². The predicted octanol–water partition coefficient (Wildman–Crippen LogP) is 2.65. The average molecular weight is 655 g/mol. The lowest BCUT2D eigenvalue weighted by Crippen LogP contribution is -3.00. The molecule has 4 aromatic rings. The minimum Gasteiger partial charge on any atom is -1.00 e. The van der Waals surface area contributed by atoms with Gasteiger partial charge >= 0.3 is 0 Å². The van der Waals surface area contributed by atoms with Gasteiger partial charge in [-0.2, -0.15) is 0 Å². The van der Waals surface area contributed by atoms with Crippen LogP contribution < -0.4 is 47.6 Å². The first-order valence-electron chi connectivity index (χ1n) is 10.9. The molecule has 0 spiro atoms. The summed E-state index contributed by atoms with van der Waals surface area (Å²) in [7, 11) is 6.40. The Hall–Kier alpha value is -2.95. The molecule has 1 N–H and O–H groups in total. The number of phenolic OH excluding ortho intramolecular Hbond substituents is 1. The van der Waals surface area contributed by atoms with Crippen molar-refractivity contribution in [2.75, 3.05) is 28.4 Å². The summed E-state index contributed by atoms with van der Waals surface area (Å²) in [5.74, 6) is 2.40. The van der Waals surface area contributed by atoms with Crippen molar-refractivity contribution in [3.05, 3.63) is 81.6 Å². The first-order chi connectivity index (χ1) is 17.4. The minimum atomic E-state index is -0.0981. The molecule has 0 aliphatic rings. The van der Waals surface area contributed by atoms with Crippen LogP contribution in [0.25, 0.3) is 10.8 Å². The summed E-state index contributed by atoms with van der Waals surface area (Å²) in [5, 5.41) is 17.4. The summed E-state index contributed by atoms with van der Waals surface area (Å²) < 4.78 is 23.6. The fourth-order valence-corrected chi connectivity index (χ4v) is 4.43. The molecule has 0 saturated heterocycles. The van der Waals surface area contributed by atoms with E-state index in [1.165, 1.54) is 12.3 Å². The average Bonchev–Trinajstić information content (AvgIpc) is 2.89. The molecular formula is C27H25Cl2IN2O5. The predicted molar refractivity (Wildman–Crippen MR) is 141 cm³/mol. The van der Waals surface area contributed by atoms with Gasteiger partial charge in [-0.15, -0.1) is 0 Å². The summed E-state index contributed by atoms with van der Waals surface area (Å²) >= 11 is 12.2. The van der Waals surface area contributed by atoms with Crippen molar-refractivity contribution in [1.29, 1.82) is 0 Å². The van der Waals surface area contributed by atoms with Gasteiger partial charge in [-0.3, -0.25) is 0 Å². The number of nitrogens with zero attached hydrogens (tertiary/aromatic N) is 2. The quantitative estimate of drug-likeness (QED) is 0.180. The Kier molecular flexibility index (Phi) is 9.69. The number of hydrogen-bond donors (Lipinski definition) is 1. The van der Waals surface area contributed by atoms with Gasteiger partial charge in [-0.05, 0) is 52.4 Å². The molecule has 0 fully saturated rings. The molecule has 0 unspecified atom stereocenters. The van der Waals surface area contributed by atoms with E-state index in [4.69, 9.17) is 42.1 Å². The highest BCUT2D eigenvalue weighted by Gasteiger charge is 2.20. The zero-order chi connectivity index (χ0) is 25.8. The number of aromatic nitrogens is 1. The van der Waals surface area contributed by atoms with E-state index >= 15 is 0 Å². The van der Waals surface area contributed by atoms with Gasteiger partial charge in [0.15, 0.2) is 23.0 Å². The number of benzene rings is 3. The normalized spacial score (nSPS) is 10.9. The van der Waals surface area contributed by atoms with Crippen LogP contribution in [0.2, 0.25) is 10.0 Å². The van der Waals surface area contributed by atoms with Gasteiger partial charge in [0.2, 0.25) is 11.9 Å². The summed E-state index contributed by atoms with van der Waals surface area (Å²) in [6.45, 7) is 0. The molecule has 0 atom stereocenters. The molecule has 1 heterocycles. The fraction of sp³-hybridized carbons (Fsp3) is 0.185. The van der Waals surface area contributed by atoms with Crippen LogP contribution in [0, 0.1) is 0 Å². The van der Waals surface area contributed by atoms with Gasteiger partial charge in [-0.1, -0.05) is 33.9 Å². The van der Waals surface area contributed by atoms with E-state index in [-0.39, 0.29) is 34.7 Å². The SMILES string of the molecule is COc1ccc(Cc2c3cc(OC)c(OC)cc3cc[n+]2/N=C/c2cc(Cl)cc(Cl)c2O)cc1OC.[I-]. The lowest BCUT2D eigenvalue weighted by atomic mass is 10.0. The van der Waals surface area contributed by atoms with Gasteiger partial charge in [-0.25, -0.2) is 0 Å². The second-order valence-electron chi connectivity index (χ2n) is 7.84. The van der Waals surface area contributed by atoms with Crippen molar-refractivity contribution in [3.63, 3.8) is 0 Å². The summed E-state index contributed by atoms with van der Waals surface area (Å²) in [4.78, 5) is 0. The third-order valence-electron chi connectivity index (χ3n) is 5.74. The van der Waals surface area contributed by atoms with Gasteiger partial charge in [0.1, 0.15) is 12.0 Å². The van der Waals surface area contributed by atoms with Crippen LogP contribution in [0.4, 0.5) is 0 Å². The van der Waals surface area contributed by atoms with E-state index in [2.05, 4.69) is 5.10 Å². The minimum absolute atomic E-state index is 0. The van der Waals surface area contributed by atoms with Gasteiger partial charge in [0.25, 0.3) is 0 Å². The number of methoxy groups -OCH3 is 4. The summed E-state index contributed by atoms with van der Waals surface area (Å²) in [6, 6.07) is 14.6. The molecule has 0 radical (unpaired) electrons. The maximum absolute atomic E-state index is 10.4. The van der Waals surface area contributed by atoms with Crippen molar-refractivity contribution < 1.29 is 52.7 Å². The Bertz CT molecular complexity index is 1460. The van der Waals surface area contributed by atoms with E-state index in [1.807, 2.05) is 42.6 Å². The molecule has 3 aromatic carbocycles. The molecule has 37 heavy (non-hydrogen) atoms. The Morgan fingerprint density at radius 2 is 1.49 bits per heavy atom. The molecule has 4 rings (SSSR count). The van der Waals surface area contributed by atoms with Gasteiger partial charge in [0, 0.05) is 16.7 Å². The smallest absolute Gasteiger partial charge is 0.226 e. The van der Waals surface area contributed by atoms with E-state index in [9.17, 15) is 5.11 Å². The van der Waals surface area contributed by atoms with Crippen molar-refractivity contribution in [3.8, 4) is 28.7 Å². The Labute approximate surface area is 242 Å². The summed E-state index contributed by atoms with van der Waals surface area (Å²) in [5.41, 5.74) is 2.24. The number of fused-ring (bicyclic) bond motifs is 1. The summed E-state index contributed by atoms with van der Waals surface area (Å²) in [6.07, 6.45) is 3.86. The molecule has 0 aliphatic heterocycles. The number of hydrogen-bond acceptors (Lipinski definition) is 6. The van der Waals surface area contributed by atoms with Crippen LogP contribution >= 0.6 is 23.2 Å². The highest BCUT2D eigenvalue weighted by molar-refractivity contribution is 6.36. The largest absolute Gasteiger partial charge is 1.00 e. The highest BCUT2D eigenvalue weighted by atomic mass is 127. The molecule has 10 heteroatoms. The van der Waals surface area contributed by atoms with Crippen LogP contribution in [-0.4, -0.2) is 39.8 Å². The zero-order valence-corrected chi connectivity index (χ0v) is 24.3. The van der Waals surface area contributed by atoms with Crippen LogP contribution in [-0.2, 0) is 6.42 Å². The van der Waals surface area contributed by atoms with Crippen molar-refractivity contribution in [2.24, 2.45) is 5.10 Å². The molecule has 0 amide bonds. The highest BCUT2D eigenvalue weighted by Crippen LogP contribution is 2.34. The van der Waals surface area contributed by atoms with Crippen LogP contribution in [0.3, 0.4) is 0 Å². The van der Waals surface area contributed by atoms with E-state index in [0.717, 1.165) is 22.0 Å². The lowest BCUT2D eigenvalue weighted by molar-refractivity contribution is -0.684. The lowest BCUT2D eigenvalue weighted by Gasteiger charge is -2.12. The van der Waals surface area contributed by atoms with Crippen molar-refractivity contribution in [1.82, 2.24) is 0 Å². The molecule has 194 valence electrons. The Balaban J connectivity index is 0.00000380. The van der Waals surface area contributed by atoms with Gasteiger partial charge < -0.3 is 48.0 Å². The first-order valence-corrected chi connectivity index (χ1v) is 11.7. The fourth-order valence-electron chi connectivity index (χ4n) is 3.92.